The highest BCUT2D eigenvalue weighted by atomic mass is 16.6. The molecule has 1 amide bonds. The Bertz CT molecular complexity index is 1000. The quantitative estimate of drug-likeness (QED) is 0.334. The van der Waals surface area contributed by atoms with Crippen LogP contribution in [0, 0.1) is 21.4 Å². The number of nitro groups is 1. The molecule has 1 aliphatic heterocycles. The molecule has 0 unspecified atom stereocenters. The van der Waals surface area contributed by atoms with Gasteiger partial charge in [-0.05, 0) is 55.7 Å². The molecule has 0 atom stereocenters. The van der Waals surface area contributed by atoms with Gasteiger partial charge >= 0.3 is 0 Å². The van der Waals surface area contributed by atoms with E-state index in [9.17, 15) is 20.2 Å². The number of amides is 1. The van der Waals surface area contributed by atoms with E-state index in [2.05, 4.69) is 10.2 Å². The number of hydrogen-bond acceptors (Lipinski definition) is 6. The first-order valence-electron chi connectivity index (χ1n) is 9.62. The molecule has 2 aromatic carbocycles. The van der Waals surface area contributed by atoms with Gasteiger partial charge in [0.2, 0.25) is 0 Å². The van der Waals surface area contributed by atoms with Crippen molar-refractivity contribution >= 4 is 29.0 Å². The van der Waals surface area contributed by atoms with E-state index in [4.69, 9.17) is 4.74 Å². The third-order valence-electron chi connectivity index (χ3n) is 4.93. The van der Waals surface area contributed by atoms with Gasteiger partial charge in [-0.1, -0.05) is 0 Å². The van der Waals surface area contributed by atoms with Crippen molar-refractivity contribution in [3.05, 3.63) is 63.7 Å². The van der Waals surface area contributed by atoms with Gasteiger partial charge in [0.05, 0.1) is 12.0 Å². The average Bonchev–Trinajstić information content (AvgIpc) is 2.78. The Balaban J connectivity index is 1.92. The number of piperidine rings is 1. The summed E-state index contributed by atoms with van der Waals surface area (Å²) in [5.74, 6) is 0.0607. The van der Waals surface area contributed by atoms with E-state index in [1.165, 1.54) is 18.2 Å². The summed E-state index contributed by atoms with van der Waals surface area (Å²) in [6.45, 7) is 1.66. The molecule has 0 aliphatic carbocycles. The molecule has 154 valence electrons. The van der Waals surface area contributed by atoms with E-state index in [1.54, 1.807) is 37.4 Å². The number of ether oxygens (including phenoxy) is 1. The van der Waals surface area contributed by atoms with Crippen LogP contribution in [-0.2, 0) is 4.79 Å². The molecule has 1 N–H and O–H groups in total. The zero-order valence-corrected chi connectivity index (χ0v) is 16.6. The Morgan fingerprint density at radius 2 is 1.90 bits per heavy atom. The van der Waals surface area contributed by atoms with Crippen LogP contribution in [0.5, 0.6) is 5.75 Å². The number of anilines is 2. The van der Waals surface area contributed by atoms with E-state index in [-0.39, 0.29) is 11.3 Å². The number of carbonyl (C=O) groups excluding carboxylic acids is 1. The van der Waals surface area contributed by atoms with Crippen LogP contribution in [0.25, 0.3) is 6.08 Å². The van der Waals surface area contributed by atoms with Gasteiger partial charge in [-0.2, -0.15) is 5.26 Å². The molecule has 2 aromatic rings. The molecule has 0 aromatic heterocycles. The normalized spacial score (nSPS) is 14.0. The number of non-ortho nitro benzene ring substituents is 1. The van der Waals surface area contributed by atoms with Crippen molar-refractivity contribution in [2.75, 3.05) is 30.4 Å². The van der Waals surface area contributed by atoms with Gasteiger partial charge in [-0.3, -0.25) is 14.9 Å². The lowest BCUT2D eigenvalue weighted by molar-refractivity contribution is -0.384. The maximum Gasteiger partial charge on any atom is 0.270 e. The smallest absolute Gasteiger partial charge is 0.270 e. The first-order valence-corrected chi connectivity index (χ1v) is 9.62. The number of nitro benzene ring substituents is 1. The monoisotopic (exact) mass is 406 g/mol. The summed E-state index contributed by atoms with van der Waals surface area (Å²) >= 11 is 0. The Morgan fingerprint density at radius 3 is 2.50 bits per heavy atom. The molecule has 8 heteroatoms. The third-order valence-corrected chi connectivity index (χ3v) is 4.93. The zero-order chi connectivity index (χ0) is 21.5. The van der Waals surface area contributed by atoms with Crippen LogP contribution in [0.15, 0.2) is 48.0 Å². The largest absolute Gasteiger partial charge is 0.497 e. The summed E-state index contributed by atoms with van der Waals surface area (Å²) in [5, 5.41) is 23.5. The number of methoxy groups -OCH3 is 1. The van der Waals surface area contributed by atoms with Crippen molar-refractivity contribution in [2.24, 2.45) is 0 Å². The van der Waals surface area contributed by atoms with Gasteiger partial charge in [0.25, 0.3) is 11.6 Å². The molecule has 0 saturated carbocycles. The number of hydrogen-bond donors (Lipinski definition) is 1. The fourth-order valence-electron chi connectivity index (χ4n) is 3.37. The molecule has 1 saturated heterocycles. The first kappa shape index (κ1) is 20.9. The predicted molar refractivity (Wildman–Crippen MR) is 114 cm³/mol. The van der Waals surface area contributed by atoms with Crippen LogP contribution < -0.4 is 15.0 Å². The van der Waals surface area contributed by atoms with Crippen LogP contribution in [-0.4, -0.2) is 31.0 Å². The minimum absolute atomic E-state index is 0.0881. The lowest BCUT2D eigenvalue weighted by atomic mass is 10.0. The van der Waals surface area contributed by atoms with Gasteiger partial charge in [0, 0.05) is 42.2 Å². The Labute approximate surface area is 174 Å². The molecule has 1 heterocycles. The Morgan fingerprint density at radius 1 is 1.20 bits per heavy atom. The van der Waals surface area contributed by atoms with Crippen molar-refractivity contribution in [3.8, 4) is 11.8 Å². The lowest BCUT2D eigenvalue weighted by Gasteiger charge is -2.30. The van der Waals surface area contributed by atoms with Gasteiger partial charge in [0.15, 0.2) is 0 Å². The molecule has 1 aliphatic rings. The fourth-order valence-corrected chi connectivity index (χ4v) is 3.37. The predicted octanol–water partition coefficient (Wildman–Crippen LogP) is 4.14. The van der Waals surface area contributed by atoms with E-state index < -0.39 is 10.8 Å². The summed E-state index contributed by atoms with van der Waals surface area (Å²) in [5.41, 5.74) is 1.55. The highest BCUT2D eigenvalue weighted by Crippen LogP contribution is 2.30. The van der Waals surface area contributed by atoms with Gasteiger partial charge < -0.3 is 15.0 Å². The second kappa shape index (κ2) is 9.56. The van der Waals surface area contributed by atoms with Gasteiger partial charge in [-0.15, -0.1) is 0 Å². The third kappa shape index (κ3) is 4.94. The number of nitrogens with zero attached hydrogens (tertiary/aromatic N) is 3. The van der Waals surface area contributed by atoms with Crippen LogP contribution in [0.3, 0.4) is 0 Å². The summed E-state index contributed by atoms with van der Waals surface area (Å²) in [6.07, 6.45) is 4.62. The molecule has 30 heavy (non-hydrogen) atoms. The average molecular weight is 406 g/mol. The Hall–Kier alpha value is -3.86. The standard InChI is InChI=1S/C22H22N4O4/c1-30-20-8-5-18(6-9-20)24-22(27)17(15-23)13-16-14-19(26(28)29)7-10-21(16)25-11-3-2-4-12-25/h5-10,13-14H,2-4,11-12H2,1H3,(H,24,27)/b17-13+. The zero-order valence-electron chi connectivity index (χ0n) is 16.6. The maximum atomic E-state index is 12.6. The number of carbonyl (C=O) groups is 1. The van der Waals surface area contributed by atoms with Crippen molar-refractivity contribution < 1.29 is 14.5 Å². The van der Waals surface area contributed by atoms with Crippen molar-refractivity contribution in [1.82, 2.24) is 0 Å². The van der Waals surface area contributed by atoms with Gasteiger partial charge in [0.1, 0.15) is 17.4 Å². The van der Waals surface area contributed by atoms with Crippen molar-refractivity contribution in [1.29, 1.82) is 5.26 Å². The Kier molecular flexibility index (Phi) is 6.65. The van der Waals surface area contributed by atoms with Crippen LogP contribution in [0.4, 0.5) is 17.1 Å². The second-order valence-corrected chi connectivity index (χ2v) is 6.90. The fraction of sp³-hybridized carbons (Fsp3) is 0.273. The number of nitrogens with one attached hydrogen (secondary N) is 1. The minimum atomic E-state index is -0.584. The molecular formula is C22H22N4O4. The number of nitriles is 1. The van der Waals surface area contributed by atoms with Crippen LogP contribution >= 0.6 is 0 Å². The molecule has 3 rings (SSSR count). The maximum absolute atomic E-state index is 12.6. The van der Waals surface area contributed by atoms with E-state index >= 15 is 0 Å². The molecule has 0 bridgehead atoms. The first-order chi connectivity index (χ1) is 14.5. The van der Waals surface area contributed by atoms with E-state index in [1.807, 2.05) is 6.07 Å². The summed E-state index contributed by atoms with van der Waals surface area (Å²) in [6, 6.07) is 13.2. The minimum Gasteiger partial charge on any atom is -0.497 e. The molecule has 1 fully saturated rings. The summed E-state index contributed by atoms with van der Waals surface area (Å²) in [7, 11) is 1.54. The van der Waals surface area contributed by atoms with Crippen molar-refractivity contribution in [3.63, 3.8) is 0 Å². The lowest BCUT2D eigenvalue weighted by Crippen LogP contribution is -2.30. The molecule has 8 nitrogen and oxygen atoms in total. The second-order valence-electron chi connectivity index (χ2n) is 6.90. The highest BCUT2D eigenvalue weighted by Gasteiger charge is 2.19. The van der Waals surface area contributed by atoms with E-state index in [0.29, 0.717) is 17.0 Å². The SMILES string of the molecule is COc1ccc(NC(=O)/C(C#N)=C/c2cc([N+](=O)[O-])ccc2N2CCCCC2)cc1. The summed E-state index contributed by atoms with van der Waals surface area (Å²) < 4.78 is 5.09. The summed E-state index contributed by atoms with van der Waals surface area (Å²) in [4.78, 5) is 25.5. The van der Waals surface area contributed by atoms with Crippen molar-refractivity contribution in [2.45, 2.75) is 19.3 Å². The van der Waals surface area contributed by atoms with Crippen LogP contribution in [0.1, 0.15) is 24.8 Å². The number of benzene rings is 2. The molecular weight excluding hydrogens is 384 g/mol. The number of rotatable bonds is 6. The molecule has 0 spiro atoms. The van der Waals surface area contributed by atoms with Crippen LogP contribution in [0.2, 0.25) is 0 Å². The van der Waals surface area contributed by atoms with E-state index in [0.717, 1.165) is 38.0 Å². The highest BCUT2D eigenvalue weighted by molar-refractivity contribution is 6.10. The van der Waals surface area contributed by atoms with Gasteiger partial charge in [-0.25, -0.2) is 0 Å². The molecule has 0 radical (unpaired) electrons. The topological polar surface area (TPSA) is 108 Å².